The van der Waals surface area contributed by atoms with Crippen molar-refractivity contribution in [3.8, 4) is 0 Å². The van der Waals surface area contributed by atoms with Crippen molar-refractivity contribution in [1.82, 2.24) is 0 Å². The molecule has 2 aliphatic rings. The van der Waals surface area contributed by atoms with Crippen LogP contribution in [0.5, 0.6) is 0 Å². The molecule has 3 N–H and O–H groups in total. The van der Waals surface area contributed by atoms with Gasteiger partial charge in [-0.05, 0) is 83.7 Å². The third-order valence-electron chi connectivity index (χ3n) is 7.66. The molecule has 0 aromatic heterocycles. The van der Waals surface area contributed by atoms with Gasteiger partial charge in [0.15, 0.2) is 0 Å². The predicted molar refractivity (Wildman–Crippen MR) is 124 cm³/mol. The Labute approximate surface area is 181 Å². The Hall–Kier alpha value is -2.13. The topological polar surface area (TPSA) is 63.3 Å². The predicted octanol–water partition coefficient (Wildman–Crippen LogP) is 6.16. The first-order chi connectivity index (χ1) is 14.2. The van der Waals surface area contributed by atoms with Gasteiger partial charge in [-0.25, -0.2) is 4.79 Å². The second-order valence-electron chi connectivity index (χ2n) is 9.96. The smallest absolute Gasteiger partial charge is 0.335 e. The standard InChI is InChI=1S/C20H31N.C7H6O2/c1-14(2)15-6-8-17-16(12-15)7-9-18-19(3,13-21)10-5-11-20(17,18)4;8-7(9)6-4-2-1-3-5-6/h6,8,12,14,18H,5,7,9-11,13,21H2,1-4H3;1-5H,(H,8,9)/t18-,19+,20+;/m1./s1. The highest BCUT2D eigenvalue weighted by Gasteiger charge is 2.50. The molecule has 30 heavy (non-hydrogen) atoms. The summed E-state index contributed by atoms with van der Waals surface area (Å²) in [6, 6.07) is 15.6. The lowest BCUT2D eigenvalue weighted by Crippen LogP contribution is -2.51. The van der Waals surface area contributed by atoms with Crippen molar-refractivity contribution in [2.24, 2.45) is 17.1 Å². The fraction of sp³-hybridized carbons (Fsp3) is 0.519. The molecule has 4 rings (SSSR count). The van der Waals surface area contributed by atoms with E-state index in [-0.39, 0.29) is 0 Å². The van der Waals surface area contributed by atoms with Crippen LogP contribution in [0.4, 0.5) is 0 Å². The maximum atomic E-state index is 10.2. The SMILES string of the molecule is CC(C)c1ccc2c(c1)CC[C@@H]1[C@](C)(CN)CCC[C@@]21C.O=C(O)c1ccccc1. The average Bonchev–Trinajstić information content (AvgIpc) is 2.74. The Bertz CT molecular complexity index is 876. The molecule has 3 heteroatoms. The highest BCUT2D eigenvalue weighted by Crippen LogP contribution is 2.56. The lowest BCUT2D eigenvalue weighted by Gasteiger charge is -2.55. The Morgan fingerprint density at radius 3 is 2.40 bits per heavy atom. The third-order valence-corrected chi connectivity index (χ3v) is 7.66. The van der Waals surface area contributed by atoms with Gasteiger partial charge in [-0.1, -0.05) is 70.5 Å². The molecular formula is C27H37NO2. The van der Waals surface area contributed by atoms with Crippen molar-refractivity contribution < 1.29 is 9.90 Å². The number of hydrogen-bond acceptors (Lipinski definition) is 2. The molecule has 3 atom stereocenters. The molecular weight excluding hydrogens is 370 g/mol. The van der Waals surface area contributed by atoms with E-state index in [4.69, 9.17) is 10.8 Å². The molecule has 1 saturated carbocycles. The van der Waals surface area contributed by atoms with Gasteiger partial charge in [0.25, 0.3) is 0 Å². The monoisotopic (exact) mass is 407 g/mol. The minimum Gasteiger partial charge on any atom is -0.478 e. The van der Waals surface area contributed by atoms with Crippen LogP contribution in [0.2, 0.25) is 0 Å². The quantitative estimate of drug-likeness (QED) is 0.640. The van der Waals surface area contributed by atoms with Crippen molar-refractivity contribution >= 4 is 5.97 Å². The number of rotatable bonds is 3. The fourth-order valence-corrected chi connectivity index (χ4v) is 5.83. The zero-order valence-electron chi connectivity index (χ0n) is 18.9. The Morgan fingerprint density at radius 2 is 1.83 bits per heavy atom. The van der Waals surface area contributed by atoms with Crippen molar-refractivity contribution in [2.75, 3.05) is 6.54 Å². The summed E-state index contributed by atoms with van der Waals surface area (Å²) in [5, 5.41) is 8.38. The van der Waals surface area contributed by atoms with E-state index in [1.807, 2.05) is 0 Å². The number of hydrogen-bond donors (Lipinski definition) is 2. The summed E-state index contributed by atoms with van der Waals surface area (Å²) in [6.45, 7) is 10.4. The van der Waals surface area contributed by atoms with Crippen LogP contribution in [0, 0.1) is 11.3 Å². The first-order valence-electron chi connectivity index (χ1n) is 11.3. The molecule has 0 bridgehead atoms. The van der Waals surface area contributed by atoms with Gasteiger partial charge in [-0.15, -0.1) is 0 Å². The number of fused-ring (bicyclic) bond motifs is 3. The number of nitrogens with two attached hydrogens (primary N) is 1. The van der Waals surface area contributed by atoms with E-state index in [0.29, 0.717) is 22.3 Å². The van der Waals surface area contributed by atoms with Gasteiger partial charge >= 0.3 is 5.97 Å². The van der Waals surface area contributed by atoms with Gasteiger partial charge in [0.05, 0.1) is 5.56 Å². The van der Waals surface area contributed by atoms with Crippen molar-refractivity contribution in [1.29, 1.82) is 0 Å². The van der Waals surface area contributed by atoms with Crippen LogP contribution < -0.4 is 5.73 Å². The van der Waals surface area contributed by atoms with Gasteiger partial charge < -0.3 is 10.8 Å². The Kier molecular flexibility index (Phi) is 6.71. The summed E-state index contributed by atoms with van der Waals surface area (Å²) in [7, 11) is 0. The summed E-state index contributed by atoms with van der Waals surface area (Å²) in [5.41, 5.74) is 11.9. The molecule has 1 fully saturated rings. The molecule has 0 heterocycles. The van der Waals surface area contributed by atoms with Crippen LogP contribution in [0.25, 0.3) is 0 Å². The summed E-state index contributed by atoms with van der Waals surface area (Å²) in [4.78, 5) is 10.2. The van der Waals surface area contributed by atoms with Gasteiger partial charge in [0.2, 0.25) is 0 Å². The molecule has 0 unspecified atom stereocenters. The molecule has 0 amide bonds. The highest BCUT2D eigenvalue weighted by atomic mass is 16.4. The van der Waals surface area contributed by atoms with Crippen LogP contribution >= 0.6 is 0 Å². The van der Waals surface area contributed by atoms with E-state index in [1.165, 1.54) is 37.7 Å². The molecule has 0 spiro atoms. The molecule has 0 radical (unpaired) electrons. The van der Waals surface area contributed by atoms with Crippen LogP contribution in [0.1, 0.15) is 86.3 Å². The lowest BCUT2D eigenvalue weighted by atomic mass is 9.50. The summed E-state index contributed by atoms with van der Waals surface area (Å²) < 4.78 is 0. The van der Waals surface area contributed by atoms with Gasteiger partial charge in [-0.2, -0.15) is 0 Å². The van der Waals surface area contributed by atoms with E-state index in [0.717, 1.165) is 12.5 Å². The van der Waals surface area contributed by atoms with Crippen LogP contribution in [-0.4, -0.2) is 17.6 Å². The summed E-state index contributed by atoms with van der Waals surface area (Å²) in [5.74, 6) is 0.498. The second-order valence-corrected chi connectivity index (χ2v) is 9.96. The van der Waals surface area contributed by atoms with E-state index in [1.54, 1.807) is 41.5 Å². The molecule has 162 valence electrons. The highest BCUT2D eigenvalue weighted by molar-refractivity contribution is 5.87. The molecule has 2 aromatic rings. The van der Waals surface area contributed by atoms with Crippen LogP contribution in [0.15, 0.2) is 48.5 Å². The Balaban J connectivity index is 0.000000239. The van der Waals surface area contributed by atoms with Gasteiger partial charge in [-0.3, -0.25) is 0 Å². The number of aryl methyl sites for hydroxylation is 1. The zero-order valence-corrected chi connectivity index (χ0v) is 18.9. The largest absolute Gasteiger partial charge is 0.478 e. The van der Waals surface area contributed by atoms with Gasteiger partial charge in [0, 0.05) is 0 Å². The minimum atomic E-state index is -0.879. The van der Waals surface area contributed by atoms with E-state index < -0.39 is 5.97 Å². The van der Waals surface area contributed by atoms with Crippen molar-refractivity contribution in [3.05, 3.63) is 70.8 Å². The average molecular weight is 408 g/mol. The third kappa shape index (κ3) is 4.32. The molecule has 0 aliphatic heterocycles. The second kappa shape index (κ2) is 8.93. The molecule has 2 aromatic carbocycles. The maximum Gasteiger partial charge on any atom is 0.335 e. The summed E-state index contributed by atoms with van der Waals surface area (Å²) in [6.07, 6.45) is 6.53. The van der Waals surface area contributed by atoms with E-state index in [2.05, 4.69) is 45.9 Å². The normalized spacial score (nSPS) is 27.5. The van der Waals surface area contributed by atoms with Gasteiger partial charge in [0.1, 0.15) is 0 Å². The van der Waals surface area contributed by atoms with Crippen LogP contribution in [-0.2, 0) is 11.8 Å². The summed E-state index contributed by atoms with van der Waals surface area (Å²) >= 11 is 0. The lowest BCUT2D eigenvalue weighted by molar-refractivity contribution is 0.0326. The van der Waals surface area contributed by atoms with Crippen LogP contribution in [0.3, 0.4) is 0 Å². The van der Waals surface area contributed by atoms with E-state index >= 15 is 0 Å². The molecule has 3 nitrogen and oxygen atoms in total. The van der Waals surface area contributed by atoms with E-state index in [9.17, 15) is 4.79 Å². The number of carboxylic acid groups (broad SMARTS) is 1. The number of carboxylic acids is 1. The maximum absolute atomic E-state index is 10.2. The Morgan fingerprint density at radius 1 is 1.13 bits per heavy atom. The fourth-order valence-electron chi connectivity index (χ4n) is 5.83. The first-order valence-corrected chi connectivity index (χ1v) is 11.3. The molecule has 2 aliphatic carbocycles. The first kappa shape index (κ1) is 22.6. The number of carbonyl (C=O) groups is 1. The number of benzene rings is 2. The van der Waals surface area contributed by atoms with Crippen molar-refractivity contribution in [3.63, 3.8) is 0 Å². The number of aromatic carboxylic acids is 1. The minimum absolute atomic E-state index is 0.331. The van der Waals surface area contributed by atoms with Crippen molar-refractivity contribution in [2.45, 2.75) is 71.1 Å². The zero-order chi connectivity index (χ0) is 21.9. The molecule has 0 saturated heterocycles.